The summed E-state index contributed by atoms with van der Waals surface area (Å²) >= 11 is 1.63. The van der Waals surface area contributed by atoms with E-state index in [1.54, 1.807) is 17.4 Å². The van der Waals surface area contributed by atoms with Crippen LogP contribution in [0.4, 0.5) is 4.39 Å². The van der Waals surface area contributed by atoms with Gasteiger partial charge in [-0.05, 0) is 53.9 Å². The smallest absolute Gasteiger partial charge is 0.251 e. The van der Waals surface area contributed by atoms with Crippen LogP contribution in [0.1, 0.15) is 26.4 Å². The number of halogens is 1. The van der Waals surface area contributed by atoms with Gasteiger partial charge in [0, 0.05) is 27.4 Å². The number of amides is 1. The SMILES string of the molecule is Cc1cc(-c2ccc(C#N)c(F)c2)c(-c2ccc3c(c2)CNC3=O)s1. The van der Waals surface area contributed by atoms with Crippen molar-refractivity contribution >= 4 is 17.2 Å². The van der Waals surface area contributed by atoms with E-state index in [0.717, 1.165) is 32.0 Å². The lowest BCUT2D eigenvalue weighted by Gasteiger charge is -2.07. The highest BCUT2D eigenvalue weighted by Gasteiger charge is 2.20. The Morgan fingerprint density at radius 3 is 2.68 bits per heavy atom. The van der Waals surface area contributed by atoms with Crippen LogP contribution >= 0.6 is 11.3 Å². The summed E-state index contributed by atoms with van der Waals surface area (Å²) in [6.45, 7) is 2.54. The van der Waals surface area contributed by atoms with E-state index >= 15 is 0 Å². The number of nitrogens with one attached hydrogen (secondary N) is 1. The first-order chi connectivity index (χ1) is 12.1. The van der Waals surface area contributed by atoms with Gasteiger partial charge in [-0.2, -0.15) is 5.26 Å². The molecule has 0 bridgehead atoms. The predicted molar refractivity (Wildman–Crippen MR) is 95.8 cm³/mol. The highest BCUT2D eigenvalue weighted by atomic mass is 32.1. The maximum atomic E-state index is 14.0. The molecule has 0 spiro atoms. The Kier molecular flexibility index (Phi) is 3.63. The summed E-state index contributed by atoms with van der Waals surface area (Å²) in [5.41, 5.74) is 4.41. The molecule has 0 aliphatic carbocycles. The number of nitrogens with zero attached hydrogens (tertiary/aromatic N) is 1. The molecule has 0 atom stereocenters. The standard InChI is InChI=1S/C20H13FN2OS/c1-11-6-17(12-2-3-14(9-22)18(21)8-12)19(25-11)13-4-5-16-15(7-13)10-23-20(16)24/h2-8H,10H2,1H3,(H,23,24). The van der Waals surface area contributed by atoms with Gasteiger partial charge in [-0.25, -0.2) is 4.39 Å². The van der Waals surface area contributed by atoms with Crippen molar-refractivity contribution in [3.05, 3.63) is 69.8 Å². The van der Waals surface area contributed by atoms with Gasteiger partial charge >= 0.3 is 0 Å². The average molecular weight is 348 g/mol. The highest BCUT2D eigenvalue weighted by Crippen LogP contribution is 2.40. The minimum Gasteiger partial charge on any atom is -0.348 e. The van der Waals surface area contributed by atoms with Crippen LogP contribution in [0.25, 0.3) is 21.6 Å². The number of rotatable bonds is 2. The highest BCUT2D eigenvalue weighted by molar-refractivity contribution is 7.16. The van der Waals surface area contributed by atoms with Gasteiger partial charge in [-0.15, -0.1) is 11.3 Å². The second-order valence-electron chi connectivity index (χ2n) is 5.96. The average Bonchev–Trinajstić information content (AvgIpc) is 3.18. The fourth-order valence-corrected chi connectivity index (χ4v) is 4.12. The van der Waals surface area contributed by atoms with Crippen molar-refractivity contribution in [2.45, 2.75) is 13.5 Å². The van der Waals surface area contributed by atoms with Gasteiger partial charge in [-0.1, -0.05) is 12.1 Å². The molecule has 0 saturated carbocycles. The monoisotopic (exact) mass is 348 g/mol. The molecule has 1 amide bonds. The minimum atomic E-state index is -0.515. The number of aryl methyl sites for hydroxylation is 1. The van der Waals surface area contributed by atoms with Gasteiger partial charge in [0.15, 0.2) is 0 Å². The maximum absolute atomic E-state index is 14.0. The third-order valence-electron chi connectivity index (χ3n) is 4.31. The summed E-state index contributed by atoms with van der Waals surface area (Å²) in [5.74, 6) is -0.558. The first-order valence-corrected chi connectivity index (χ1v) is 8.60. The molecule has 1 aliphatic rings. The van der Waals surface area contributed by atoms with Crippen LogP contribution in [0.3, 0.4) is 0 Å². The van der Waals surface area contributed by atoms with Crippen molar-refractivity contribution in [2.75, 3.05) is 0 Å². The van der Waals surface area contributed by atoms with Gasteiger partial charge in [0.25, 0.3) is 5.91 Å². The molecule has 3 aromatic rings. The van der Waals surface area contributed by atoms with Crippen LogP contribution in [-0.4, -0.2) is 5.91 Å². The predicted octanol–water partition coefficient (Wildman–Crippen LogP) is 4.64. The topological polar surface area (TPSA) is 52.9 Å². The molecule has 1 aliphatic heterocycles. The lowest BCUT2D eigenvalue weighted by atomic mass is 9.99. The molecule has 122 valence electrons. The second-order valence-corrected chi connectivity index (χ2v) is 7.22. The van der Waals surface area contributed by atoms with Crippen LogP contribution in [-0.2, 0) is 6.54 Å². The van der Waals surface area contributed by atoms with E-state index in [1.807, 2.05) is 37.3 Å². The zero-order valence-corrected chi connectivity index (χ0v) is 14.2. The molecule has 0 radical (unpaired) electrons. The summed E-state index contributed by atoms with van der Waals surface area (Å²) < 4.78 is 14.0. The number of carbonyl (C=O) groups excluding carboxylic acids is 1. The Morgan fingerprint density at radius 1 is 1.12 bits per heavy atom. The van der Waals surface area contributed by atoms with E-state index in [-0.39, 0.29) is 11.5 Å². The third kappa shape index (κ3) is 2.61. The normalized spacial score (nSPS) is 12.6. The van der Waals surface area contributed by atoms with E-state index in [0.29, 0.717) is 12.1 Å². The quantitative estimate of drug-likeness (QED) is 0.733. The molecule has 2 aromatic carbocycles. The van der Waals surface area contributed by atoms with Crippen LogP contribution < -0.4 is 5.32 Å². The van der Waals surface area contributed by atoms with E-state index in [9.17, 15) is 9.18 Å². The van der Waals surface area contributed by atoms with Crippen LogP contribution in [0.5, 0.6) is 0 Å². The molecule has 1 N–H and O–H groups in total. The van der Waals surface area contributed by atoms with Crippen molar-refractivity contribution in [2.24, 2.45) is 0 Å². The van der Waals surface area contributed by atoms with Crippen molar-refractivity contribution < 1.29 is 9.18 Å². The van der Waals surface area contributed by atoms with Crippen LogP contribution in [0.15, 0.2) is 42.5 Å². The molecule has 25 heavy (non-hydrogen) atoms. The molecule has 3 nitrogen and oxygen atoms in total. The van der Waals surface area contributed by atoms with Crippen molar-refractivity contribution in [1.82, 2.24) is 5.32 Å². The molecular weight excluding hydrogens is 335 g/mol. The summed E-state index contributed by atoms with van der Waals surface area (Å²) in [6, 6.07) is 14.3. The largest absolute Gasteiger partial charge is 0.348 e. The lowest BCUT2D eigenvalue weighted by molar-refractivity contribution is 0.0966. The van der Waals surface area contributed by atoms with Crippen molar-refractivity contribution in [3.8, 4) is 27.6 Å². The van der Waals surface area contributed by atoms with Gasteiger partial charge in [-0.3, -0.25) is 4.79 Å². The molecule has 4 rings (SSSR count). The maximum Gasteiger partial charge on any atom is 0.251 e. The summed E-state index contributed by atoms with van der Waals surface area (Å²) in [7, 11) is 0. The van der Waals surface area contributed by atoms with Gasteiger partial charge in [0.1, 0.15) is 11.9 Å². The van der Waals surface area contributed by atoms with Crippen molar-refractivity contribution in [1.29, 1.82) is 5.26 Å². The Balaban J connectivity index is 1.84. The fraction of sp³-hybridized carbons (Fsp3) is 0.100. The van der Waals surface area contributed by atoms with E-state index < -0.39 is 5.82 Å². The van der Waals surface area contributed by atoms with Gasteiger partial charge in [0.2, 0.25) is 0 Å². The third-order valence-corrected chi connectivity index (χ3v) is 5.41. The Hall–Kier alpha value is -2.97. The lowest BCUT2D eigenvalue weighted by Crippen LogP contribution is -2.12. The molecule has 2 heterocycles. The van der Waals surface area contributed by atoms with Gasteiger partial charge in [0.05, 0.1) is 5.56 Å². The van der Waals surface area contributed by atoms with Gasteiger partial charge < -0.3 is 5.32 Å². The van der Waals surface area contributed by atoms with E-state index in [2.05, 4.69) is 5.32 Å². The number of fused-ring (bicyclic) bond motifs is 1. The number of nitriles is 1. The van der Waals surface area contributed by atoms with Crippen molar-refractivity contribution in [3.63, 3.8) is 0 Å². The first kappa shape index (κ1) is 15.6. The number of hydrogen-bond acceptors (Lipinski definition) is 3. The Bertz CT molecular complexity index is 1060. The number of carbonyl (C=O) groups is 1. The summed E-state index contributed by atoms with van der Waals surface area (Å²) in [6.07, 6.45) is 0. The fourth-order valence-electron chi connectivity index (χ4n) is 3.09. The summed E-state index contributed by atoms with van der Waals surface area (Å²) in [4.78, 5) is 13.9. The van der Waals surface area contributed by atoms with Crippen LogP contribution in [0.2, 0.25) is 0 Å². The Labute approximate surface area is 148 Å². The molecule has 1 aromatic heterocycles. The second kappa shape index (κ2) is 5.83. The minimum absolute atomic E-state index is 0.0411. The zero-order valence-electron chi connectivity index (χ0n) is 13.4. The number of thiophene rings is 1. The Morgan fingerprint density at radius 2 is 1.92 bits per heavy atom. The number of hydrogen-bond donors (Lipinski definition) is 1. The molecule has 0 unspecified atom stereocenters. The summed E-state index contributed by atoms with van der Waals surface area (Å²) in [5, 5.41) is 11.7. The van der Waals surface area contributed by atoms with E-state index in [1.165, 1.54) is 12.1 Å². The first-order valence-electron chi connectivity index (χ1n) is 7.79. The zero-order chi connectivity index (χ0) is 17.6. The van der Waals surface area contributed by atoms with Crippen LogP contribution in [0, 0.1) is 24.1 Å². The molecule has 5 heteroatoms. The van der Waals surface area contributed by atoms with E-state index in [4.69, 9.17) is 5.26 Å². The number of benzene rings is 2. The molecule has 0 fully saturated rings. The molecule has 0 saturated heterocycles. The molecular formula is C20H13FN2OS.